The fourth-order valence-electron chi connectivity index (χ4n) is 3.50. The summed E-state index contributed by atoms with van der Waals surface area (Å²) in [5.41, 5.74) is 14.1. The number of benzene rings is 3. The SMILES string of the molecule is NCCNc1ccc2c(c1)Oc1c(Cl)c3c(c(Cl)c1=N2)Oc1cc(NCCN)ccc1N=3. The number of nitrogens with one attached hydrogen (secondary N) is 2. The van der Waals surface area contributed by atoms with Crippen LogP contribution in [-0.4, -0.2) is 26.2 Å². The maximum absolute atomic E-state index is 6.70. The van der Waals surface area contributed by atoms with Crippen LogP contribution in [0.2, 0.25) is 10.0 Å². The molecule has 3 aromatic carbocycles. The highest BCUT2D eigenvalue weighted by molar-refractivity contribution is 6.35. The number of rotatable bonds is 6. The van der Waals surface area contributed by atoms with Crippen LogP contribution < -0.4 is 42.3 Å². The summed E-state index contributed by atoms with van der Waals surface area (Å²) in [6.07, 6.45) is 0. The van der Waals surface area contributed by atoms with Crippen molar-refractivity contribution in [3.63, 3.8) is 0 Å². The van der Waals surface area contributed by atoms with Crippen LogP contribution in [0.3, 0.4) is 0 Å². The Morgan fingerprint density at radius 1 is 0.719 bits per heavy atom. The lowest BCUT2D eigenvalue weighted by atomic mass is 10.2. The van der Waals surface area contributed by atoms with E-state index < -0.39 is 0 Å². The third-order valence-corrected chi connectivity index (χ3v) is 5.70. The number of hydrogen-bond acceptors (Lipinski definition) is 8. The van der Waals surface area contributed by atoms with Crippen LogP contribution in [0.15, 0.2) is 46.4 Å². The van der Waals surface area contributed by atoms with Crippen LogP contribution in [0.1, 0.15) is 0 Å². The van der Waals surface area contributed by atoms with E-state index in [0.717, 1.165) is 11.4 Å². The fraction of sp³-hybridized carbons (Fsp3) is 0.182. The largest absolute Gasteiger partial charge is 0.451 e. The zero-order valence-corrected chi connectivity index (χ0v) is 18.4. The maximum Gasteiger partial charge on any atom is 0.175 e. The van der Waals surface area contributed by atoms with E-state index in [1.54, 1.807) is 0 Å². The first-order valence-corrected chi connectivity index (χ1v) is 10.8. The molecule has 164 valence electrons. The van der Waals surface area contributed by atoms with Gasteiger partial charge in [0.25, 0.3) is 0 Å². The Morgan fingerprint density at radius 3 is 1.56 bits per heavy atom. The highest BCUT2D eigenvalue weighted by Crippen LogP contribution is 2.43. The van der Waals surface area contributed by atoms with Crippen LogP contribution in [-0.2, 0) is 0 Å². The van der Waals surface area contributed by atoms with Gasteiger partial charge in [-0.2, -0.15) is 0 Å². The van der Waals surface area contributed by atoms with Crippen molar-refractivity contribution in [3.05, 3.63) is 57.2 Å². The minimum atomic E-state index is 0.283. The molecule has 6 N–H and O–H groups in total. The molecule has 10 heteroatoms. The van der Waals surface area contributed by atoms with Crippen molar-refractivity contribution in [2.24, 2.45) is 21.5 Å². The van der Waals surface area contributed by atoms with Gasteiger partial charge < -0.3 is 31.6 Å². The van der Waals surface area contributed by atoms with Crippen LogP contribution in [0.25, 0.3) is 0 Å². The Morgan fingerprint density at radius 2 is 1.16 bits per heavy atom. The molecule has 0 spiro atoms. The number of nitrogens with zero attached hydrogens (tertiary/aromatic N) is 2. The molecule has 2 aliphatic rings. The van der Waals surface area contributed by atoms with E-state index in [0.29, 0.717) is 71.3 Å². The zero-order chi connectivity index (χ0) is 22.2. The molecule has 5 rings (SSSR count). The van der Waals surface area contributed by atoms with E-state index in [1.165, 1.54) is 0 Å². The molecule has 32 heavy (non-hydrogen) atoms. The van der Waals surface area contributed by atoms with Crippen molar-refractivity contribution in [1.82, 2.24) is 0 Å². The molecule has 2 heterocycles. The molecular weight excluding hydrogens is 451 g/mol. The Balaban J connectivity index is 1.60. The van der Waals surface area contributed by atoms with E-state index in [9.17, 15) is 0 Å². The second-order valence-corrected chi connectivity index (χ2v) is 7.96. The normalized spacial score (nSPS) is 12.6. The van der Waals surface area contributed by atoms with E-state index in [2.05, 4.69) is 20.6 Å². The molecule has 0 radical (unpaired) electrons. The van der Waals surface area contributed by atoms with Crippen molar-refractivity contribution < 1.29 is 9.47 Å². The summed E-state index contributed by atoms with van der Waals surface area (Å²) >= 11 is 13.4. The summed E-state index contributed by atoms with van der Waals surface area (Å²) in [7, 11) is 0. The predicted molar refractivity (Wildman–Crippen MR) is 126 cm³/mol. The zero-order valence-electron chi connectivity index (χ0n) is 16.9. The minimum Gasteiger partial charge on any atom is -0.451 e. The lowest BCUT2D eigenvalue weighted by Crippen LogP contribution is -2.22. The topological polar surface area (TPSA) is 119 Å². The van der Waals surface area contributed by atoms with Crippen molar-refractivity contribution in [2.45, 2.75) is 0 Å². The molecule has 0 saturated carbocycles. The summed E-state index contributed by atoms with van der Waals surface area (Å²) in [6.45, 7) is 2.33. The van der Waals surface area contributed by atoms with Gasteiger partial charge in [-0.05, 0) is 24.3 Å². The molecule has 0 amide bonds. The van der Waals surface area contributed by atoms with Crippen LogP contribution in [0, 0.1) is 0 Å². The van der Waals surface area contributed by atoms with Crippen molar-refractivity contribution in [1.29, 1.82) is 0 Å². The van der Waals surface area contributed by atoms with Gasteiger partial charge in [0.2, 0.25) is 0 Å². The number of hydrogen-bond donors (Lipinski definition) is 4. The summed E-state index contributed by atoms with van der Waals surface area (Å²) in [5.74, 6) is 1.81. The average Bonchev–Trinajstić information content (AvgIpc) is 2.82. The molecular formula is C22H20Cl2N6O2. The summed E-state index contributed by atoms with van der Waals surface area (Å²) in [6, 6.07) is 11.2. The first kappa shape index (κ1) is 20.8. The van der Waals surface area contributed by atoms with Crippen molar-refractivity contribution in [2.75, 3.05) is 36.8 Å². The van der Waals surface area contributed by atoms with Gasteiger partial charge in [-0.25, -0.2) is 9.98 Å². The van der Waals surface area contributed by atoms with Crippen LogP contribution >= 0.6 is 23.2 Å². The summed E-state index contributed by atoms with van der Waals surface area (Å²) < 4.78 is 12.2. The number of anilines is 2. The van der Waals surface area contributed by atoms with E-state index in [1.807, 2.05) is 36.4 Å². The molecule has 0 aromatic heterocycles. The Labute approximate surface area is 193 Å². The first-order chi connectivity index (χ1) is 15.6. The first-order valence-electron chi connectivity index (χ1n) is 10.1. The van der Waals surface area contributed by atoms with Crippen molar-refractivity contribution in [3.8, 4) is 23.0 Å². The smallest absolute Gasteiger partial charge is 0.175 e. The molecule has 2 aliphatic heterocycles. The molecule has 8 nitrogen and oxygen atoms in total. The highest BCUT2D eigenvalue weighted by Gasteiger charge is 2.27. The van der Waals surface area contributed by atoms with Gasteiger partial charge in [0.05, 0.1) is 0 Å². The third-order valence-electron chi connectivity index (χ3n) is 5.00. The molecule has 0 saturated heterocycles. The van der Waals surface area contributed by atoms with E-state index in [4.69, 9.17) is 44.1 Å². The summed E-state index contributed by atoms with van der Waals surface area (Å²) in [4.78, 5) is 9.34. The molecule has 0 atom stereocenters. The molecule has 0 aliphatic carbocycles. The number of ether oxygens (including phenoxy) is 2. The average molecular weight is 471 g/mol. The number of halogens is 2. The summed E-state index contributed by atoms with van der Waals surface area (Å²) in [5, 5.41) is 7.81. The third kappa shape index (κ3) is 3.61. The highest BCUT2D eigenvalue weighted by atomic mass is 35.5. The van der Waals surface area contributed by atoms with Crippen LogP contribution in [0.4, 0.5) is 22.7 Å². The van der Waals surface area contributed by atoms with Gasteiger partial charge in [-0.3, -0.25) is 0 Å². The second-order valence-electron chi connectivity index (χ2n) is 7.21. The monoisotopic (exact) mass is 470 g/mol. The number of nitrogens with two attached hydrogens (primary N) is 2. The predicted octanol–water partition coefficient (Wildman–Crippen LogP) is 3.85. The lowest BCUT2D eigenvalue weighted by Gasteiger charge is -2.21. The lowest BCUT2D eigenvalue weighted by molar-refractivity contribution is 0.451. The van der Waals surface area contributed by atoms with Crippen molar-refractivity contribution >= 4 is 46.0 Å². The van der Waals surface area contributed by atoms with Gasteiger partial charge >= 0.3 is 0 Å². The molecule has 0 fully saturated rings. The van der Waals surface area contributed by atoms with Crippen LogP contribution in [0.5, 0.6) is 23.0 Å². The standard InChI is InChI=1S/C22H20Cl2N6O2/c23-17-19-21(31-15-9-11(27-7-5-25)1-3-13(15)29-19)18(24)20-22(17)32-16-10-12(28-8-6-26)2-4-14(16)30-20/h1-4,9-10,27-28H,5-8,25-26H2. The Bertz CT molecular complexity index is 1240. The fourth-order valence-corrected chi connectivity index (χ4v) is 4.01. The molecule has 3 aromatic rings. The van der Waals surface area contributed by atoms with Gasteiger partial charge in [-0.15, -0.1) is 0 Å². The molecule has 0 bridgehead atoms. The van der Waals surface area contributed by atoms with Gasteiger partial charge in [0.15, 0.2) is 23.0 Å². The van der Waals surface area contributed by atoms with Gasteiger partial charge in [0, 0.05) is 49.7 Å². The minimum absolute atomic E-state index is 0.283. The molecule has 0 unspecified atom stereocenters. The van der Waals surface area contributed by atoms with Gasteiger partial charge in [-0.1, -0.05) is 23.2 Å². The van der Waals surface area contributed by atoms with E-state index in [-0.39, 0.29) is 10.0 Å². The van der Waals surface area contributed by atoms with Gasteiger partial charge in [0.1, 0.15) is 32.1 Å². The van der Waals surface area contributed by atoms with E-state index >= 15 is 0 Å². The Kier molecular flexibility index (Phi) is 5.52. The quantitative estimate of drug-likeness (QED) is 0.299. The Hall–Kier alpha value is -3.04. The second kappa shape index (κ2) is 8.48. The number of fused-ring (bicyclic) bond motifs is 4. The maximum atomic E-state index is 6.70.